The van der Waals surface area contributed by atoms with Crippen LogP contribution in [0.4, 0.5) is 5.69 Å². The SMILES string of the molecule is CCn1c(-c2ccccc2)cnc1SCC(=O)N1CCCc2ccccc21. The van der Waals surface area contributed by atoms with Gasteiger partial charge in [-0.25, -0.2) is 4.98 Å². The standard InChI is InChI=1S/C22H23N3OS/c1-2-24-20(18-9-4-3-5-10-18)15-23-22(24)27-16-21(26)25-14-8-12-17-11-6-7-13-19(17)25/h3-7,9-11,13,15H,2,8,12,14,16H2,1H3. The van der Waals surface area contributed by atoms with Gasteiger partial charge in [0, 0.05) is 18.8 Å². The minimum absolute atomic E-state index is 0.152. The van der Waals surface area contributed by atoms with Crippen molar-refractivity contribution in [2.24, 2.45) is 0 Å². The predicted molar refractivity (Wildman–Crippen MR) is 111 cm³/mol. The third-order valence-electron chi connectivity index (χ3n) is 4.94. The second-order valence-corrected chi connectivity index (χ2v) is 7.55. The van der Waals surface area contributed by atoms with Gasteiger partial charge in [0.05, 0.1) is 17.6 Å². The molecular weight excluding hydrogens is 354 g/mol. The van der Waals surface area contributed by atoms with Crippen LogP contribution in [0, 0.1) is 0 Å². The third kappa shape index (κ3) is 3.65. The van der Waals surface area contributed by atoms with Gasteiger partial charge in [-0.3, -0.25) is 4.79 Å². The molecule has 0 atom stereocenters. The smallest absolute Gasteiger partial charge is 0.237 e. The van der Waals surface area contributed by atoms with E-state index in [-0.39, 0.29) is 5.91 Å². The summed E-state index contributed by atoms with van der Waals surface area (Å²) in [4.78, 5) is 19.4. The van der Waals surface area contributed by atoms with Gasteiger partial charge < -0.3 is 9.47 Å². The second kappa shape index (κ2) is 8.01. The molecule has 4 rings (SSSR count). The van der Waals surface area contributed by atoms with Crippen LogP contribution in [-0.2, 0) is 17.8 Å². The van der Waals surface area contributed by atoms with Gasteiger partial charge in [-0.15, -0.1) is 0 Å². The maximum absolute atomic E-state index is 12.9. The Morgan fingerprint density at radius 2 is 1.89 bits per heavy atom. The number of carbonyl (C=O) groups is 1. The number of benzene rings is 2. The molecule has 0 bridgehead atoms. The zero-order valence-electron chi connectivity index (χ0n) is 15.5. The number of imidazole rings is 1. The molecule has 1 aliphatic heterocycles. The molecular formula is C22H23N3OS. The van der Waals surface area contributed by atoms with Crippen LogP contribution in [0.1, 0.15) is 18.9 Å². The molecule has 1 aliphatic rings. The molecule has 5 heteroatoms. The van der Waals surface area contributed by atoms with Crippen LogP contribution in [0.15, 0.2) is 66.0 Å². The van der Waals surface area contributed by atoms with Gasteiger partial charge in [0.1, 0.15) is 0 Å². The van der Waals surface area contributed by atoms with E-state index in [4.69, 9.17) is 0 Å². The number of aromatic nitrogens is 2. The van der Waals surface area contributed by atoms with Gasteiger partial charge in [0.15, 0.2) is 5.16 Å². The highest BCUT2D eigenvalue weighted by atomic mass is 32.2. The summed E-state index contributed by atoms with van der Waals surface area (Å²) in [6, 6.07) is 18.5. The zero-order valence-corrected chi connectivity index (χ0v) is 16.3. The molecule has 0 unspecified atom stereocenters. The molecule has 3 aromatic rings. The van der Waals surface area contributed by atoms with E-state index in [9.17, 15) is 4.79 Å². The fraction of sp³-hybridized carbons (Fsp3) is 0.273. The van der Waals surface area contributed by atoms with Crippen molar-refractivity contribution >= 4 is 23.4 Å². The van der Waals surface area contributed by atoms with E-state index >= 15 is 0 Å². The van der Waals surface area contributed by atoms with Crippen molar-refractivity contribution in [1.82, 2.24) is 9.55 Å². The number of nitrogens with zero attached hydrogens (tertiary/aromatic N) is 3. The average molecular weight is 378 g/mol. The largest absolute Gasteiger partial charge is 0.319 e. The lowest BCUT2D eigenvalue weighted by Crippen LogP contribution is -2.36. The van der Waals surface area contributed by atoms with E-state index in [1.807, 2.05) is 41.4 Å². The molecule has 0 fully saturated rings. The Hall–Kier alpha value is -2.53. The van der Waals surface area contributed by atoms with Gasteiger partial charge in [-0.1, -0.05) is 60.3 Å². The molecule has 2 aromatic carbocycles. The lowest BCUT2D eigenvalue weighted by atomic mass is 10.0. The van der Waals surface area contributed by atoms with E-state index in [2.05, 4.69) is 40.7 Å². The molecule has 1 aromatic heterocycles. The summed E-state index contributed by atoms with van der Waals surface area (Å²) < 4.78 is 2.18. The molecule has 4 nitrogen and oxygen atoms in total. The minimum atomic E-state index is 0.152. The topological polar surface area (TPSA) is 38.1 Å². The summed E-state index contributed by atoms with van der Waals surface area (Å²) in [5, 5.41) is 0.898. The van der Waals surface area contributed by atoms with E-state index in [1.54, 1.807) is 0 Å². The summed E-state index contributed by atoms with van der Waals surface area (Å²) >= 11 is 1.52. The quantitative estimate of drug-likeness (QED) is 0.608. The molecule has 0 saturated heterocycles. The second-order valence-electron chi connectivity index (χ2n) is 6.60. The maximum Gasteiger partial charge on any atom is 0.237 e. The minimum Gasteiger partial charge on any atom is -0.319 e. The Balaban J connectivity index is 1.50. The monoisotopic (exact) mass is 377 g/mol. The first-order valence-corrected chi connectivity index (χ1v) is 10.4. The van der Waals surface area contributed by atoms with Crippen molar-refractivity contribution in [1.29, 1.82) is 0 Å². The van der Waals surface area contributed by atoms with E-state index in [1.165, 1.54) is 17.3 Å². The summed E-state index contributed by atoms with van der Waals surface area (Å²) in [5.41, 5.74) is 4.58. The van der Waals surface area contributed by atoms with Crippen LogP contribution >= 0.6 is 11.8 Å². The molecule has 0 N–H and O–H groups in total. The van der Waals surface area contributed by atoms with Crippen LogP contribution in [0.5, 0.6) is 0 Å². The van der Waals surface area contributed by atoms with E-state index < -0.39 is 0 Å². The van der Waals surface area contributed by atoms with Crippen molar-refractivity contribution in [2.75, 3.05) is 17.2 Å². The highest BCUT2D eigenvalue weighted by molar-refractivity contribution is 7.99. The number of para-hydroxylation sites is 1. The van der Waals surface area contributed by atoms with Gasteiger partial charge in [-0.05, 0) is 37.0 Å². The van der Waals surface area contributed by atoms with E-state index in [0.717, 1.165) is 48.0 Å². The summed E-state index contributed by atoms with van der Waals surface area (Å²) in [7, 11) is 0. The fourth-order valence-electron chi connectivity index (χ4n) is 3.62. The number of anilines is 1. The fourth-order valence-corrected chi connectivity index (χ4v) is 4.53. The van der Waals surface area contributed by atoms with Crippen molar-refractivity contribution in [2.45, 2.75) is 31.5 Å². The number of thioether (sulfide) groups is 1. The Kier molecular flexibility index (Phi) is 5.30. The van der Waals surface area contributed by atoms with Gasteiger partial charge in [0.25, 0.3) is 0 Å². The van der Waals surface area contributed by atoms with Crippen molar-refractivity contribution in [3.63, 3.8) is 0 Å². The first-order valence-electron chi connectivity index (χ1n) is 9.40. The number of aryl methyl sites for hydroxylation is 1. The molecule has 1 amide bonds. The first-order chi connectivity index (χ1) is 13.3. The average Bonchev–Trinajstić information content (AvgIpc) is 3.15. The zero-order chi connectivity index (χ0) is 18.6. The number of carbonyl (C=O) groups excluding carboxylic acids is 1. The maximum atomic E-state index is 12.9. The summed E-state index contributed by atoms with van der Waals surface area (Å²) in [5.74, 6) is 0.554. The first kappa shape index (κ1) is 17.9. The predicted octanol–water partition coefficient (Wildman–Crippen LogP) is 4.64. The van der Waals surface area contributed by atoms with Crippen LogP contribution < -0.4 is 4.90 Å². The molecule has 138 valence electrons. The lowest BCUT2D eigenvalue weighted by molar-refractivity contribution is -0.116. The van der Waals surface area contributed by atoms with Crippen molar-refractivity contribution in [3.05, 3.63) is 66.4 Å². The van der Waals surface area contributed by atoms with Crippen LogP contribution in [-0.4, -0.2) is 27.8 Å². The van der Waals surface area contributed by atoms with Crippen LogP contribution in [0.25, 0.3) is 11.3 Å². The molecule has 27 heavy (non-hydrogen) atoms. The van der Waals surface area contributed by atoms with Crippen molar-refractivity contribution in [3.8, 4) is 11.3 Å². The van der Waals surface area contributed by atoms with Crippen molar-refractivity contribution < 1.29 is 4.79 Å². The molecule has 0 radical (unpaired) electrons. The number of hydrogen-bond donors (Lipinski definition) is 0. The summed E-state index contributed by atoms with van der Waals surface area (Å²) in [6.45, 7) is 3.74. The third-order valence-corrected chi connectivity index (χ3v) is 5.92. The van der Waals surface area contributed by atoms with Gasteiger partial charge in [-0.2, -0.15) is 0 Å². The highest BCUT2D eigenvalue weighted by Gasteiger charge is 2.22. The number of rotatable bonds is 5. The normalized spacial score (nSPS) is 13.4. The molecule has 0 saturated carbocycles. The Labute approximate surface area is 164 Å². The van der Waals surface area contributed by atoms with Crippen LogP contribution in [0.3, 0.4) is 0 Å². The molecule has 0 spiro atoms. The molecule has 0 aliphatic carbocycles. The lowest BCUT2D eigenvalue weighted by Gasteiger charge is -2.29. The Morgan fingerprint density at radius 3 is 2.70 bits per heavy atom. The Morgan fingerprint density at radius 1 is 1.11 bits per heavy atom. The highest BCUT2D eigenvalue weighted by Crippen LogP contribution is 2.29. The molecule has 2 heterocycles. The summed E-state index contributed by atoms with van der Waals surface area (Å²) in [6.07, 6.45) is 3.98. The number of fused-ring (bicyclic) bond motifs is 1. The van der Waals surface area contributed by atoms with Crippen LogP contribution in [0.2, 0.25) is 0 Å². The van der Waals surface area contributed by atoms with E-state index in [0.29, 0.717) is 5.75 Å². The van der Waals surface area contributed by atoms with Gasteiger partial charge >= 0.3 is 0 Å². The van der Waals surface area contributed by atoms with Gasteiger partial charge in [0.2, 0.25) is 5.91 Å². The Bertz CT molecular complexity index is 936. The number of amides is 1. The number of hydrogen-bond acceptors (Lipinski definition) is 3.